The van der Waals surface area contributed by atoms with Crippen molar-refractivity contribution in [2.75, 3.05) is 5.73 Å². The predicted molar refractivity (Wildman–Crippen MR) is 60.0 cm³/mol. The number of aromatic nitrogens is 3. The second-order valence-electron chi connectivity index (χ2n) is 3.09. The molecule has 0 spiro atoms. The molecule has 0 aliphatic heterocycles. The van der Waals surface area contributed by atoms with Crippen LogP contribution in [0, 0.1) is 5.95 Å². The van der Waals surface area contributed by atoms with E-state index in [2.05, 4.69) is 15.0 Å². The number of carbonyl (C=O) groups excluding carboxylic acids is 1. The third-order valence-corrected chi connectivity index (χ3v) is 2.40. The van der Waals surface area contributed by atoms with Crippen LogP contribution in [-0.4, -0.2) is 21.2 Å². The molecule has 5 nitrogen and oxygen atoms in total. The molecular weight excluding hydrogens is 247 g/mol. The van der Waals surface area contributed by atoms with E-state index in [0.29, 0.717) is 6.29 Å². The third-order valence-electron chi connectivity index (χ3n) is 2.01. The van der Waals surface area contributed by atoms with Crippen molar-refractivity contribution in [2.24, 2.45) is 0 Å². The van der Waals surface area contributed by atoms with Gasteiger partial charge in [0.15, 0.2) is 12.1 Å². The first-order chi connectivity index (χ1) is 8.13. The molecule has 2 aromatic rings. The van der Waals surface area contributed by atoms with E-state index >= 15 is 0 Å². The van der Waals surface area contributed by atoms with Gasteiger partial charge in [-0.25, -0.2) is 15.0 Å². The van der Waals surface area contributed by atoms with E-state index in [1.54, 1.807) is 0 Å². The van der Waals surface area contributed by atoms with E-state index in [1.807, 2.05) is 0 Å². The number of nitrogen functional groups attached to an aromatic ring is 1. The molecule has 2 rings (SSSR count). The number of carbonyl (C=O) groups is 1. The Kier molecular flexibility index (Phi) is 2.97. The number of nitrogens with two attached hydrogens (primary N) is 1. The quantitative estimate of drug-likeness (QED) is 0.650. The summed E-state index contributed by atoms with van der Waals surface area (Å²) in [5.41, 5.74) is 5.47. The van der Waals surface area contributed by atoms with Crippen LogP contribution in [0.4, 0.5) is 10.2 Å². The van der Waals surface area contributed by atoms with Gasteiger partial charge < -0.3 is 5.73 Å². The van der Waals surface area contributed by atoms with Crippen LogP contribution in [-0.2, 0) is 0 Å². The Morgan fingerprint density at radius 2 is 2.18 bits per heavy atom. The van der Waals surface area contributed by atoms with Crippen LogP contribution < -0.4 is 5.73 Å². The fourth-order valence-electron chi connectivity index (χ4n) is 1.23. The van der Waals surface area contributed by atoms with Crippen LogP contribution in [0.1, 0.15) is 10.5 Å². The highest BCUT2D eigenvalue weighted by atomic mass is 35.5. The molecule has 7 heteroatoms. The molecule has 0 unspecified atom stereocenters. The number of aldehydes is 1. The molecule has 86 valence electrons. The molecule has 0 amide bonds. The molecule has 0 fully saturated rings. The van der Waals surface area contributed by atoms with E-state index in [1.165, 1.54) is 18.3 Å². The molecule has 2 heterocycles. The average Bonchev–Trinajstić information content (AvgIpc) is 2.33. The predicted octanol–water partition coefficient (Wildman–Crippen LogP) is 1.73. The normalized spacial score (nSPS) is 10.2. The highest BCUT2D eigenvalue weighted by molar-refractivity contribution is 6.34. The minimum absolute atomic E-state index is 0.0281. The van der Waals surface area contributed by atoms with Gasteiger partial charge in [-0.05, 0) is 12.1 Å². The van der Waals surface area contributed by atoms with E-state index < -0.39 is 5.95 Å². The van der Waals surface area contributed by atoms with E-state index in [-0.39, 0.29) is 27.9 Å². The second-order valence-corrected chi connectivity index (χ2v) is 3.47. The first kappa shape index (κ1) is 11.4. The SMILES string of the molecule is Nc1nc(-c2cccnc2F)nc(C=O)c1Cl. The fraction of sp³-hybridized carbons (Fsp3) is 0. The van der Waals surface area contributed by atoms with Crippen molar-refractivity contribution >= 4 is 23.7 Å². The monoisotopic (exact) mass is 252 g/mol. The van der Waals surface area contributed by atoms with Crippen LogP contribution in [0.25, 0.3) is 11.4 Å². The molecule has 0 atom stereocenters. The Morgan fingerprint density at radius 1 is 1.41 bits per heavy atom. The largest absolute Gasteiger partial charge is 0.382 e. The minimum atomic E-state index is -0.744. The number of nitrogens with zero attached hydrogens (tertiary/aromatic N) is 3. The molecular formula is C10H6ClFN4O. The van der Waals surface area contributed by atoms with Gasteiger partial charge >= 0.3 is 0 Å². The van der Waals surface area contributed by atoms with Crippen molar-refractivity contribution in [2.45, 2.75) is 0 Å². The summed E-state index contributed by atoms with van der Waals surface area (Å²) < 4.78 is 13.4. The molecule has 17 heavy (non-hydrogen) atoms. The summed E-state index contributed by atoms with van der Waals surface area (Å²) in [7, 11) is 0. The van der Waals surface area contributed by atoms with Gasteiger partial charge in [0.1, 0.15) is 16.5 Å². The Balaban J connectivity index is 2.65. The molecule has 0 aromatic carbocycles. The number of hydrogen-bond donors (Lipinski definition) is 1. The van der Waals surface area contributed by atoms with Crippen molar-refractivity contribution in [3.05, 3.63) is 35.0 Å². The van der Waals surface area contributed by atoms with Crippen LogP contribution in [0.15, 0.2) is 18.3 Å². The highest BCUT2D eigenvalue weighted by Gasteiger charge is 2.14. The Bertz CT molecular complexity index is 591. The van der Waals surface area contributed by atoms with E-state index in [9.17, 15) is 9.18 Å². The van der Waals surface area contributed by atoms with Crippen LogP contribution >= 0.6 is 11.6 Å². The number of pyridine rings is 1. The smallest absolute Gasteiger partial charge is 0.223 e. The minimum Gasteiger partial charge on any atom is -0.382 e. The average molecular weight is 253 g/mol. The maximum absolute atomic E-state index is 13.4. The number of anilines is 1. The summed E-state index contributed by atoms with van der Waals surface area (Å²) in [5.74, 6) is -0.854. The molecule has 0 saturated heterocycles. The van der Waals surface area contributed by atoms with Crippen molar-refractivity contribution in [3.8, 4) is 11.4 Å². The lowest BCUT2D eigenvalue weighted by Gasteiger charge is -2.05. The van der Waals surface area contributed by atoms with Crippen LogP contribution in [0.3, 0.4) is 0 Å². The maximum atomic E-state index is 13.4. The lowest BCUT2D eigenvalue weighted by Crippen LogP contribution is -2.03. The van der Waals surface area contributed by atoms with Crippen molar-refractivity contribution in [1.82, 2.24) is 15.0 Å². The van der Waals surface area contributed by atoms with Gasteiger partial charge in [0.2, 0.25) is 5.95 Å². The molecule has 2 N–H and O–H groups in total. The summed E-state index contributed by atoms with van der Waals surface area (Å²) >= 11 is 5.70. The lowest BCUT2D eigenvalue weighted by molar-refractivity contribution is 0.111. The van der Waals surface area contributed by atoms with E-state index in [0.717, 1.165) is 0 Å². The highest BCUT2D eigenvalue weighted by Crippen LogP contribution is 2.24. The van der Waals surface area contributed by atoms with Gasteiger partial charge in [0, 0.05) is 6.20 Å². The van der Waals surface area contributed by atoms with Crippen LogP contribution in [0.5, 0.6) is 0 Å². The number of halogens is 2. The molecule has 0 bridgehead atoms. The maximum Gasteiger partial charge on any atom is 0.223 e. The van der Waals surface area contributed by atoms with Gasteiger partial charge in [-0.15, -0.1) is 0 Å². The number of hydrogen-bond acceptors (Lipinski definition) is 5. The zero-order valence-electron chi connectivity index (χ0n) is 8.39. The molecule has 0 radical (unpaired) electrons. The second kappa shape index (κ2) is 4.42. The summed E-state index contributed by atoms with van der Waals surface area (Å²) in [5, 5.41) is -0.0481. The summed E-state index contributed by atoms with van der Waals surface area (Å²) in [6.45, 7) is 0. The molecule has 0 aliphatic rings. The van der Waals surface area contributed by atoms with Gasteiger partial charge in [-0.1, -0.05) is 11.6 Å². The van der Waals surface area contributed by atoms with Crippen molar-refractivity contribution < 1.29 is 9.18 Å². The third kappa shape index (κ3) is 2.07. The van der Waals surface area contributed by atoms with Gasteiger partial charge in [0.25, 0.3) is 0 Å². The number of rotatable bonds is 2. The Labute approximate surface area is 100 Å². The Morgan fingerprint density at radius 3 is 2.82 bits per heavy atom. The van der Waals surface area contributed by atoms with Crippen LogP contribution in [0.2, 0.25) is 5.02 Å². The first-order valence-corrected chi connectivity index (χ1v) is 4.90. The zero-order chi connectivity index (χ0) is 12.4. The van der Waals surface area contributed by atoms with Crippen molar-refractivity contribution in [1.29, 1.82) is 0 Å². The topological polar surface area (TPSA) is 81.8 Å². The van der Waals surface area contributed by atoms with Gasteiger partial charge in [-0.2, -0.15) is 4.39 Å². The summed E-state index contributed by atoms with van der Waals surface area (Å²) in [6.07, 6.45) is 1.72. The van der Waals surface area contributed by atoms with E-state index in [4.69, 9.17) is 17.3 Å². The van der Waals surface area contributed by atoms with Crippen molar-refractivity contribution in [3.63, 3.8) is 0 Å². The molecule has 0 saturated carbocycles. The first-order valence-electron chi connectivity index (χ1n) is 4.52. The lowest BCUT2D eigenvalue weighted by atomic mass is 10.2. The van der Waals surface area contributed by atoms with Gasteiger partial charge in [-0.3, -0.25) is 4.79 Å². The molecule has 2 aromatic heterocycles. The Hall–Kier alpha value is -2.08. The molecule has 0 aliphatic carbocycles. The summed E-state index contributed by atoms with van der Waals surface area (Å²) in [4.78, 5) is 21.8. The van der Waals surface area contributed by atoms with Gasteiger partial charge in [0.05, 0.1) is 5.56 Å². The standard InChI is InChI=1S/C10H6ClFN4O/c11-7-6(4-17)15-10(16-9(7)13)5-2-1-3-14-8(5)12/h1-4H,(H2,13,15,16). The zero-order valence-corrected chi connectivity index (χ0v) is 9.15. The fourth-order valence-corrected chi connectivity index (χ4v) is 1.36. The summed E-state index contributed by atoms with van der Waals surface area (Å²) in [6, 6.07) is 2.95.